The number of benzene rings is 1. The van der Waals surface area contributed by atoms with Crippen LogP contribution in [0.5, 0.6) is 0 Å². The van der Waals surface area contributed by atoms with Crippen LogP contribution in [-0.2, 0) is 5.92 Å². The van der Waals surface area contributed by atoms with Crippen LogP contribution in [0.25, 0.3) is 0 Å². The predicted octanol–water partition coefficient (Wildman–Crippen LogP) is 3.53. The third kappa shape index (κ3) is 2.20. The van der Waals surface area contributed by atoms with Gasteiger partial charge in [0.25, 0.3) is 5.92 Å². The van der Waals surface area contributed by atoms with Crippen molar-refractivity contribution >= 4 is 11.6 Å². The average Bonchev–Trinajstić information content (AvgIpc) is 2.67. The van der Waals surface area contributed by atoms with Crippen LogP contribution < -0.4 is 5.32 Å². The van der Waals surface area contributed by atoms with Gasteiger partial charge in [0.2, 0.25) is 0 Å². The molecule has 1 nitrogen and oxygen atoms in total. The maximum absolute atomic E-state index is 13.5. The Morgan fingerprint density at radius 2 is 2.19 bits per heavy atom. The molecule has 1 saturated heterocycles. The second-order valence-electron chi connectivity index (χ2n) is 4.28. The lowest BCUT2D eigenvalue weighted by Gasteiger charge is -2.20. The third-order valence-corrected chi connectivity index (χ3v) is 3.30. The van der Waals surface area contributed by atoms with Gasteiger partial charge < -0.3 is 5.32 Å². The van der Waals surface area contributed by atoms with Gasteiger partial charge in [0.1, 0.15) is 0 Å². The van der Waals surface area contributed by atoms with Crippen LogP contribution in [0.3, 0.4) is 0 Å². The Bertz CT molecular complexity index is 381. The summed E-state index contributed by atoms with van der Waals surface area (Å²) in [5.41, 5.74) is 0.676. The molecule has 1 fully saturated rings. The molecule has 0 amide bonds. The molecule has 0 aliphatic carbocycles. The summed E-state index contributed by atoms with van der Waals surface area (Å²) in [5.74, 6) is -2.73. The van der Waals surface area contributed by atoms with Crippen molar-refractivity contribution in [2.75, 3.05) is 13.1 Å². The summed E-state index contributed by atoms with van der Waals surface area (Å²) in [7, 11) is 0. The predicted molar refractivity (Wildman–Crippen MR) is 61.2 cm³/mol. The van der Waals surface area contributed by atoms with Gasteiger partial charge in [0.05, 0.1) is 5.02 Å². The Morgan fingerprint density at radius 1 is 1.44 bits per heavy atom. The zero-order chi connectivity index (χ0) is 11.8. The van der Waals surface area contributed by atoms with E-state index in [0.717, 1.165) is 26.4 Å². The minimum atomic E-state index is -2.88. The monoisotopic (exact) mass is 245 g/mol. The molecule has 88 valence electrons. The Labute approximate surface area is 98.8 Å². The molecule has 1 N–H and O–H groups in total. The van der Waals surface area contributed by atoms with Crippen LogP contribution >= 0.6 is 11.6 Å². The maximum atomic E-state index is 13.5. The van der Waals surface area contributed by atoms with Crippen LogP contribution in [0.4, 0.5) is 8.78 Å². The molecule has 0 bridgehead atoms. The number of alkyl halides is 2. The molecule has 1 aromatic rings. The Hall–Kier alpha value is -0.670. The zero-order valence-corrected chi connectivity index (χ0v) is 9.82. The van der Waals surface area contributed by atoms with Gasteiger partial charge in [-0.2, -0.15) is 0 Å². The SMILES string of the molecule is CC(F)(F)c1c(Cl)cccc1C1CCNC1. The van der Waals surface area contributed by atoms with E-state index in [9.17, 15) is 8.78 Å². The van der Waals surface area contributed by atoms with Crippen molar-refractivity contribution in [3.8, 4) is 0 Å². The van der Waals surface area contributed by atoms with E-state index >= 15 is 0 Å². The highest BCUT2D eigenvalue weighted by Crippen LogP contribution is 2.39. The summed E-state index contributed by atoms with van der Waals surface area (Å²) in [6, 6.07) is 5.03. The van der Waals surface area contributed by atoms with Crippen molar-refractivity contribution in [1.82, 2.24) is 5.32 Å². The summed E-state index contributed by atoms with van der Waals surface area (Å²) in [6.07, 6.45) is 0.892. The fourth-order valence-electron chi connectivity index (χ4n) is 2.26. The molecule has 4 heteroatoms. The van der Waals surface area contributed by atoms with E-state index < -0.39 is 5.92 Å². The number of halogens is 3. The van der Waals surface area contributed by atoms with Crippen molar-refractivity contribution in [3.63, 3.8) is 0 Å². The van der Waals surface area contributed by atoms with Gasteiger partial charge in [-0.3, -0.25) is 0 Å². The maximum Gasteiger partial charge on any atom is 0.272 e. The fourth-order valence-corrected chi connectivity index (χ4v) is 2.61. The number of nitrogens with one attached hydrogen (secondary N) is 1. The average molecular weight is 246 g/mol. The van der Waals surface area contributed by atoms with E-state index in [0.29, 0.717) is 5.56 Å². The van der Waals surface area contributed by atoms with Gasteiger partial charge in [-0.25, -0.2) is 8.78 Å². The topological polar surface area (TPSA) is 12.0 Å². The molecule has 1 aliphatic heterocycles. The molecule has 1 unspecified atom stereocenters. The lowest BCUT2D eigenvalue weighted by atomic mass is 9.91. The van der Waals surface area contributed by atoms with E-state index in [4.69, 9.17) is 11.6 Å². The minimum absolute atomic E-state index is 0.00892. The smallest absolute Gasteiger partial charge is 0.272 e. The lowest BCUT2D eigenvalue weighted by Crippen LogP contribution is -2.15. The van der Waals surface area contributed by atoms with Crippen LogP contribution in [-0.4, -0.2) is 13.1 Å². The molecule has 0 radical (unpaired) electrons. The quantitative estimate of drug-likeness (QED) is 0.841. The Balaban J connectivity index is 2.47. The normalized spacial score (nSPS) is 21.4. The van der Waals surface area contributed by atoms with Crippen LogP contribution in [0.2, 0.25) is 5.02 Å². The Morgan fingerprint density at radius 3 is 2.75 bits per heavy atom. The molecule has 2 rings (SSSR count). The van der Waals surface area contributed by atoms with Crippen molar-refractivity contribution in [1.29, 1.82) is 0 Å². The second-order valence-corrected chi connectivity index (χ2v) is 4.69. The van der Waals surface area contributed by atoms with Crippen molar-refractivity contribution in [3.05, 3.63) is 34.3 Å². The molecular formula is C12H14ClF2N. The third-order valence-electron chi connectivity index (χ3n) is 2.98. The second kappa shape index (κ2) is 4.30. The van der Waals surface area contributed by atoms with Crippen molar-refractivity contribution in [2.45, 2.75) is 25.2 Å². The van der Waals surface area contributed by atoms with Gasteiger partial charge in [-0.1, -0.05) is 23.7 Å². The standard InChI is InChI=1S/C12H14ClF2N/c1-12(14,15)11-9(3-2-4-10(11)13)8-5-6-16-7-8/h2-4,8,16H,5-7H2,1H3. The van der Waals surface area contributed by atoms with Gasteiger partial charge in [-0.05, 0) is 30.5 Å². The number of hydrogen-bond donors (Lipinski definition) is 1. The largest absolute Gasteiger partial charge is 0.316 e. The van der Waals surface area contributed by atoms with E-state index in [2.05, 4.69) is 5.32 Å². The highest BCUT2D eigenvalue weighted by Gasteiger charge is 2.33. The van der Waals surface area contributed by atoms with Crippen LogP contribution in [0.15, 0.2) is 18.2 Å². The highest BCUT2D eigenvalue weighted by atomic mass is 35.5. The van der Waals surface area contributed by atoms with Crippen molar-refractivity contribution in [2.24, 2.45) is 0 Å². The van der Waals surface area contributed by atoms with E-state index in [1.807, 2.05) is 0 Å². The van der Waals surface area contributed by atoms with Crippen molar-refractivity contribution < 1.29 is 8.78 Å². The minimum Gasteiger partial charge on any atom is -0.316 e. The first-order valence-electron chi connectivity index (χ1n) is 5.37. The van der Waals surface area contributed by atoms with E-state index in [1.165, 1.54) is 6.07 Å². The van der Waals surface area contributed by atoms with E-state index in [1.54, 1.807) is 12.1 Å². The first-order valence-corrected chi connectivity index (χ1v) is 5.75. The summed E-state index contributed by atoms with van der Waals surface area (Å²) in [5, 5.41) is 3.34. The first kappa shape index (κ1) is 11.8. The van der Waals surface area contributed by atoms with Gasteiger partial charge in [0.15, 0.2) is 0 Å². The molecule has 1 aromatic carbocycles. The molecule has 16 heavy (non-hydrogen) atoms. The lowest BCUT2D eigenvalue weighted by molar-refractivity contribution is 0.0164. The fraction of sp³-hybridized carbons (Fsp3) is 0.500. The van der Waals surface area contributed by atoms with Gasteiger partial charge in [-0.15, -0.1) is 0 Å². The summed E-state index contributed by atoms with van der Waals surface area (Å²) < 4.78 is 27.0. The van der Waals surface area contributed by atoms with Gasteiger partial charge in [0, 0.05) is 19.0 Å². The summed E-state index contributed by atoms with van der Waals surface area (Å²) >= 11 is 5.89. The molecule has 1 heterocycles. The molecule has 1 atom stereocenters. The summed E-state index contributed by atoms with van der Waals surface area (Å²) in [6.45, 7) is 2.54. The molecule has 0 spiro atoms. The Kier molecular flexibility index (Phi) is 3.17. The first-order chi connectivity index (χ1) is 7.50. The van der Waals surface area contributed by atoms with Crippen LogP contribution in [0, 0.1) is 0 Å². The highest BCUT2D eigenvalue weighted by molar-refractivity contribution is 6.31. The zero-order valence-electron chi connectivity index (χ0n) is 9.06. The van der Waals surface area contributed by atoms with Gasteiger partial charge >= 0.3 is 0 Å². The molecular weight excluding hydrogens is 232 g/mol. The summed E-state index contributed by atoms with van der Waals surface area (Å²) in [4.78, 5) is 0. The van der Waals surface area contributed by atoms with E-state index in [-0.39, 0.29) is 16.5 Å². The molecule has 1 aliphatic rings. The molecule has 0 aromatic heterocycles. The number of hydrogen-bond acceptors (Lipinski definition) is 1. The molecule has 0 saturated carbocycles. The van der Waals surface area contributed by atoms with Crippen LogP contribution in [0.1, 0.15) is 30.4 Å². The number of rotatable bonds is 2.